The van der Waals surface area contributed by atoms with E-state index in [-0.39, 0.29) is 0 Å². The van der Waals surface area contributed by atoms with E-state index < -0.39 is 0 Å². The lowest BCUT2D eigenvalue weighted by atomic mass is 10.0. The summed E-state index contributed by atoms with van der Waals surface area (Å²) in [5.41, 5.74) is 7.88. The molecule has 0 amide bonds. The molecule has 4 heteroatoms. The Morgan fingerprint density at radius 3 is 2.79 bits per heavy atom. The van der Waals surface area contributed by atoms with Gasteiger partial charge in [-0.25, -0.2) is 0 Å². The SMILES string of the molecule is CCCN1CCC(Nc2ccc(N)cc2C#N)CC1. The van der Waals surface area contributed by atoms with Crippen molar-refractivity contribution in [3.63, 3.8) is 0 Å². The number of nitrogen functional groups attached to an aromatic ring is 1. The van der Waals surface area contributed by atoms with Gasteiger partial charge >= 0.3 is 0 Å². The van der Waals surface area contributed by atoms with Gasteiger partial charge in [-0.05, 0) is 44.0 Å². The second-order valence-corrected chi connectivity index (χ2v) is 5.18. The van der Waals surface area contributed by atoms with Crippen LogP contribution in [0.1, 0.15) is 31.7 Å². The van der Waals surface area contributed by atoms with E-state index in [0.717, 1.165) is 31.6 Å². The summed E-state index contributed by atoms with van der Waals surface area (Å²) in [6, 6.07) is 8.15. The Kier molecular flexibility index (Phi) is 4.64. The maximum absolute atomic E-state index is 9.13. The Bertz CT molecular complexity index is 456. The number of hydrogen-bond donors (Lipinski definition) is 2. The molecule has 102 valence electrons. The van der Waals surface area contributed by atoms with Gasteiger partial charge in [-0.15, -0.1) is 0 Å². The molecule has 0 bridgehead atoms. The lowest BCUT2D eigenvalue weighted by molar-refractivity contribution is 0.219. The van der Waals surface area contributed by atoms with E-state index >= 15 is 0 Å². The second-order valence-electron chi connectivity index (χ2n) is 5.18. The molecule has 1 aliphatic rings. The fourth-order valence-electron chi connectivity index (χ4n) is 2.62. The average Bonchev–Trinajstić information content (AvgIpc) is 2.43. The molecule has 0 unspecified atom stereocenters. The average molecular weight is 258 g/mol. The highest BCUT2D eigenvalue weighted by Gasteiger charge is 2.19. The van der Waals surface area contributed by atoms with Crippen molar-refractivity contribution in [2.45, 2.75) is 32.2 Å². The van der Waals surface area contributed by atoms with Gasteiger partial charge in [0.1, 0.15) is 6.07 Å². The number of rotatable bonds is 4. The van der Waals surface area contributed by atoms with Gasteiger partial charge in [-0.2, -0.15) is 5.26 Å². The lowest BCUT2D eigenvalue weighted by Gasteiger charge is -2.32. The summed E-state index contributed by atoms with van der Waals surface area (Å²) in [6.07, 6.45) is 3.49. The Morgan fingerprint density at radius 2 is 2.16 bits per heavy atom. The summed E-state index contributed by atoms with van der Waals surface area (Å²) in [5.74, 6) is 0. The Morgan fingerprint density at radius 1 is 1.42 bits per heavy atom. The van der Waals surface area contributed by atoms with Crippen molar-refractivity contribution in [3.8, 4) is 6.07 Å². The third-order valence-electron chi connectivity index (χ3n) is 3.65. The summed E-state index contributed by atoms with van der Waals surface area (Å²) in [5, 5.41) is 12.6. The molecule has 0 aliphatic carbocycles. The van der Waals surface area contributed by atoms with Crippen LogP contribution in [-0.4, -0.2) is 30.6 Å². The molecule has 1 aromatic rings. The van der Waals surface area contributed by atoms with Crippen molar-refractivity contribution in [2.75, 3.05) is 30.7 Å². The van der Waals surface area contributed by atoms with Crippen LogP contribution in [-0.2, 0) is 0 Å². The first-order valence-electron chi connectivity index (χ1n) is 7.01. The van der Waals surface area contributed by atoms with E-state index in [1.54, 1.807) is 6.07 Å². The maximum atomic E-state index is 9.13. The molecule has 0 aromatic heterocycles. The minimum absolute atomic E-state index is 0.462. The van der Waals surface area contributed by atoms with Gasteiger partial charge in [0.15, 0.2) is 0 Å². The number of anilines is 2. The molecule has 0 atom stereocenters. The van der Waals surface area contributed by atoms with E-state index in [4.69, 9.17) is 11.0 Å². The van der Waals surface area contributed by atoms with Crippen LogP contribution in [0, 0.1) is 11.3 Å². The highest BCUT2D eigenvalue weighted by Crippen LogP contribution is 2.22. The highest BCUT2D eigenvalue weighted by atomic mass is 15.1. The number of benzene rings is 1. The largest absolute Gasteiger partial charge is 0.399 e. The molecule has 3 N–H and O–H groups in total. The van der Waals surface area contributed by atoms with Crippen molar-refractivity contribution in [2.24, 2.45) is 0 Å². The summed E-state index contributed by atoms with van der Waals surface area (Å²) in [4.78, 5) is 2.51. The molecule has 19 heavy (non-hydrogen) atoms. The Labute approximate surface area is 115 Å². The van der Waals surface area contributed by atoms with Crippen LogP contribution in [0.4, 0.5) is 11.4 Å². The number of piperidine rings is 1. The first kappa shape index (κ1) is 13.7. The van der Waals surface area contributed by atoms with E-state index in [1.165, 1.54) is 13.0 Å². The van der Waals surface area contributed by atoms with E-state index in [9.17, 15) is 0 Å². The molecular weight excluding hydrogens is 236 g/mol. The fraction of sp³-hybridized carbons (Fsp3) is 0.533. The first-order chi connectivity index (χ1) is 9.22. The van der Waals surface area contributed by atoms with Crippen molar-refractivity contribution in [1.82, 2.24) is 4.90 Å². The van der Waals surface area contributed by atoms with Gasteiger partial charge in [0.25, 0.3) is 0 Å². The molecule has 0 spiro atoms. The molecule has 0 radical (unpaired) electrons. The minimum Gasteiger partial charge on any atom is -0.399 e. The van der Waals surface area contributed by atoms with Crippen LogP contribution in [0.15, 0.2) is 18.2 Å². The molecule has 1 saturated heterocycles. The van der Waals surface area contributed by atoms with Gasteiger partial charge in [0, 0.05) is 24.8 Å². The smallest absolute Gasteiger partial charge is 0.101 e. The molecule has 1 fully saturated rings. The lowest BCUT2D eigenvalue weighted by Crippen LogP contribution is -2.39. The number of nitrogens with one attached hydrogen (secondary N) is 1. The fourth-order valence-corrected chi connectivity index (χ4v) is 2.62. The molecule has 1 aromatic carbocycles. The van der Waals surface area contributed by atoms with Crippen molar-refractivity contribution >= 4 is 11.4 Å². The molecular formula is C15H22N4. The van der Waals surface area contributed by atoms with Gasteiger partial charge in [0.05, 0.1) is 11.3 Å². The second kappa shape index (κ2) is 6.44. The minimum atomic E-state index is 0.462. The summed E-state index contributed by atoms with van der Waals surface area (Å²) in [7, 11) is 0. The van der Waals surface area contributed by atoms with Crippen LogP contribution < -0.4 is 11.1 Å². The molecule has 4 nitrogen and oxygen atoms in total. The predicted molar refractivity (Wildman–Crippen MR) is 78.9 cm³/mol. The van der Waals surface area contributed by atoms with E-state index in [0.29, 0.717) is 17.3 Å². The summed E-state index contributed by atoms with van der Waals surface area (Å²) >= 11 is 0. The zero-order valence-electron chi connectivity index (χ0n) is 11.5. The standard InChI is InChI=1S/C15H22N4/c1-2-7-19-8-5-14(6-9-19)18-15-4-3-13(17)10-12(15)11-16/h3-4,10,14,18H,2,5-9,17H2,1H3. The van der Waals surface area contributed by atoms with Gasteiger partial charge in [0.2, 0.25) is 0 Å². The van der Waals surface area contributed by atoms with Crippen molar-refractivity contribution in [1.29, 1.82) is 5.26 Å². The van der Waals surface area contributed by atoms with Crippen LogP contribution in [0.5, 0.6) is 0 Å². The molecule has 2 rings (SSSR count). The van der Waals surface area contributed by atoms with E-state index in [2.05, 4.69) is 23.2 Å². The Balaban J connectivity index is 1.94. The Hall–Kier alpha value is -1.73. The number of nitriles is 1. The molecule has 0 saturated carbocycles. The number of nitrogens with two attached hydrogens (primary N) is 1. The van der Waals surface area contributed by atoms with Crippen LogP contribution in [0.2, 0.25) is 0 Å². The van der Waals surface area contributed by atoms with Gasteiger partial charge in [-0.3, -0.25) is 0 Å². The summed E-state index contributed by atoms with van der Waals surface area (Å²) in [6.45, 7) is 5.70. The zero-order valence-corrected chi connectivity index (χ0v) is 11.5. The predicted octanol–water partition coefficient (Wildman–Crippen LogP) is 2.43. The number of likely N-dealkylation sites (tertiary alicyclic amines) is 1. The van der Waals surface area contributed by atoms with Gasteiger partial charge < -0.3 is 16.0 Å². The molecule has 1 heterocycles. The first-order valence-corrected chi connectivity index (χ1v) is 7.01. The quantitative estimate of drug-likeness (QED) is 0.814. The van der Waals surface area contributed by atoms with E-state index in [1.807, 2.05) is 12.1 Å². The van der Waals surface area contributed by atoms with Crippen LogP contribution in [0.3, 0.4) is 0 Å². The summed E-state index contributed by atoms with van der Waals surface area (Å²) < 4.78 is 0. The number of nitrogens with zero attached hydrogens (tertiary/aromatic N) is 2. The zero-order chi connectivity index (χ0) is 13.7. The van der Waals surface area contributed by atoms with Crippen LogP contribution in [0.25, 0.3) is 0 Å². The van der Waals surface area contributed by atoms with Crippen molar-refractivity contribution in [3.05, 3.63) is 23.8 Å². The third-order valence-corrected chi connectivity index (χ3v) is 3.65. The topological polar surface area (TPSA) is 65.1 Å². The van der Waals surface area contributed by atoms with Crippen molar-refractivity contribution < 1.29 is 0 Å². The third kappa shape index (κ3) is 3.62. The van der Waals surface area contributed by atoms with Crippen LogP contribution >= 0.6 is 0 Å². The molecule has 1 aliphatic heterocycles. The monoisotopic (exact) mass is 258 g/mol. The highest BCUT2D eigenvalue weighted by molar-refractivity contribution is 5.63. The maximum Gasteiger partial charge on any atom is 0.101 e. The normalized spacial score (nSPS) is 17.1. The number of hydrogen-bond acceptors (Lipinski definition) is 4. The van der Waals surface area contributed by atoms with Gasteiger partial charge in [-0.1, -0.05) is 6.92 Å².